The zero-order chi connectivity index (χ0) is 37.1. The first-order valence-corrected chi connectivity index (χ1v) is 18.9. The van der Waals surface area contributed by atoms with E-state index in [2.05, 4.69) is 25.7 Å². The molecule has 0 bridgehead atoms. The molecular formula is C36H37N5O8S2. The van der Waals surface area contributed by atoms with Crippen LogP contribution in [0.25, 0.3) is 10.8 Å². The Kier molecular flexibility index (Phi) is 10.5. The predicted octanol–water partition coefficient (Wildman–Crippen LogP) is 7.53. The van der Waals surface area contributed by atoms with Crippen molar-refractivity contribution in [1.82, 2.24) is 4.98 Å². The molecule has 0 saturated heterocycles. The number of carbonyl (C=O) groups excluding carboxylic acids is 1. The number of nitrogens with one attached hydrogen (secondary N) is 4. The Hall–Kier alpha value is -5.67. The van der Waals surface area contributed by atoms with Gasteiger partial charge in [0.15, 0.2) is 15.6 Å². The van der Waals surface area contributed by atoms with Crippen molar-refractivity contribution in [1.29, 1.82) is 0 Å². The number of hydrogen-bond donors (Lipinski definition) is 5. The van der Waals surface area contributed by atoms with Gasteiger partial charge in [-0.2, -0.15) is 0 Å². The molecule has 0 aliphatic heterocycles. The summed E-state index contributed by atoms with van der Waals surface area (Å²) in [4.78, 5) is 28.9. The van der Waals surface area contributed by atoms with E-state index < -0.39 is 32.8 Å². The number of aromatic carboxylic acids is 1. The van der Waals surface area contributed by atoms with E-state index in [4.69, 9.17) is 9.47 Å². The first-order chi connectivity index (χ1) is 24.0. The summed E-state index contributed by atoms with van der Waals surface area (Å²) in [6.45, 7) is 6.09. The molecule has 15 heteroatoms. The van der Waals surface area contributed by atoms with E-state index in [0.717, 1.165) is 11.8 Å². The maximum atomic E-state index is 13.4. The van der Waals surface area contributed by atoms with Crippen molar-refractivity contribution in [3.8, 4) is 17.2 Å². The molecule has 0 saturated carbocycles. The second-order valence-corrected chi connectivity index (χ2v) is 15.6. The largest absolute Gasteiger partial charge is 0.492 e. The number of carbonyl (C=O) groups is 2. The molecule has 51 heavy (non-hydrogen) atoms. The summed E-state index contributed by atoms with van der Waals surface area (Å²) in [5, 5.41) is 19.6. The van der Waals surface area contributed by atoms with Crippen LogP contribution in [0.15, 0.2) is 90.0 Å². The number of hydrogen-bond acceptors (Lipinski definition) is 9. The summed E-state index contributed by atoms with van der Waals surface area (Å²) in [5.41, 5.74) is 1.99. The van der Waals surface area contributed by atoms with Crippen molar-refractivity contribution < 1.29 is 36.8 Å². The molecule has 4 aromatic carbocycles. The number of anilines is 5. The predicted molar refractivity (Wildman–Crippen MR) is 200 cm³/mol. The summed E-state index contributed by atoms with van der Waals surface area (Å²) in [6.07, 6.45) is 3.96. The lowest BCUT2D eigenvalue weighted by Gasteiger charge is -2.24. The number of nitrogens with zero attached hydrogens (tertiary/aromatic N) is 1. The fourth-order valence-corrected chi connectivity index (χ4v) is 6.61. The number of pyridine rings is 1. The van der Waals surface area contributed by atoms with E-state index in [1.807, 2.05) is 57.2 Å². The summed E-state index contributed by atoms with van der Waals surface area (Å²) >= 11 is 0. The van der Waals surface area contributed by atoms with Crippen LogP contribution in [0.1, 0.15) is 36.7 Å². The first-order valence-electron chi connectivity index (χ1n) is 15.4. The molecule has 0 aliphatic rings. The van der Waals surface area contributed by atoms with Gasteiger partial charge in [-0.05, 0) is 59.5 Å². The molecular weight excluding hydrogens is 695 g/mol. The third kappa shape index (κ3) is 8.74. The number of aromatic nitrogens is 1. The van der Waals surface area contributed by atoms with E-state index in [9.17, 15) is 27.3 Å². The highest BCUT2D eigenvalue weighted by atomic mass is 32.2. The zero-order valence-electron chi connectivity index (χ0n) is 28.7. The van der Waals surface area contributed by atoms with E-state index >= 15 is 0 Å². The van der Waals surface area contributed by atoms with Crippen LogP contribution in [0.4, 0.5) is 33.4 Å². The number of carboxylic acids is 1. The van der Waals surface area contributed by atoms with Gasteiger partial charge in [-0.15, -0.1) is 0 Å². The molecule has 5 N–H and O–H groups in total. The van der Waals surface area contributed by atoms with Crippen LogP contribution in [0.2, 0.25) is 0 Å². The van der Waals surface area contributed by atoms with Crippen LogP contribution in [0, 0.1) is 0 Å². The van der Waals surface area contributed by atoms with Gasteiger partial charge >= 0.3 is 12.0 Å². The monoisotopic (exact) mass is 731 g/mol. The minimum absolute atomic E-state index is 0.280. The second-order valence-electron chi connectivity index (χ2n) is 12.5. The maximum Gasteiger partial charge on any atom is 0.337 e. The van der Waals surface area contributed by atoms with E-state index in [0.29, 0.717) is 56.6 Å². The van der Waals surface area contributed by atoms with Gasteiger partial charge in [0.2, 0.25) is 0 Å². The number of benzene rings is 4. The molecule has 0 fully saturated rings. The van der Waals surface area contributed by atoms with Crippen molar-refractivity contribution in [3.63, 3.8) is 0 Å². The number of fused-ring (bicyclic) bond motifs is 1. The highest BCUT2D eigenvalue weighted by molar-refractivity contribution is 7.90. The Labute approximate surface area is 297 Å². The van der Waals surface area contributed by atoms with Crippen LogP contribution in [-0.2, 0) is 26.2 Å². The van der Waals surface area contributed by atoms with Gasteiger partial charge in [0.25, 0.3) is 0 Å². The fraction of sp³-hybridized carbons (Fsp3) is 0.194. The summed E-state index contributed by atoms with van der Waals surface area (Å²) < 4.78 is 51.3. The van der Waals surface area contributed by atoms with Crippen LogP contribution >= 0.6 is 0 Å². The van der Waals surface area contributed by atoms with Gasteiger partial charge < -0.3 is 35.3 Å². The van der Waals surface area contributed by atoms with Crippen molar-refractivity contribution in [2.24, 2.45) is 0 Å². The normalized spacial score (nSPS) is 12.1. The fourth-order valence-electron chi connectivity index (χ4n) is 5.25. The van der Waals surface area contributed by atoms with E-state index in [-0.39, 0.29) is 15.9 Å². The Morgan fingerprint density at radius 1 is 0.882 bits per heavy atom. The third-order valence-electron chi connectivity index (χ3n) is 7.64. The Balaban J connectivity index is 1.39. The van der Waals surface area contributed by atoms with Crippen LogP contribution < -0.4 is 30.1 Å². The molecule has 0 radical (unpaired) electrons. The molecule has 1 atom stereocenters. The van der Waals surface area contributed by atoms with E-state index in [1.54, 1.807) is 24.3 Å². The summed E-state index contributed by atoms with van der Waals surface area (Å²) in [7, 11) is -3.73. The molecule has 0 aliphatic carbocycles. The third-order valence-corrected chi connectivity index (χ3v) is 9.28. The molecule has 1 unspecified atom stereocenters. The Morgan fingerprint density at radius 2 is 1.57 bits per heavy atom. The number of methoxy groups -OCH3 is 1. The van der Waals surface area contributed by atoms with Gasteiger partial charge in [-0.3, -0.25) is 0 Å². The smallest absolute Gasteiger partial charge is 0.337 e. The van der Waals surface area contributed by atoms with Crippen molar-refractivity contribution in [3.05, 3.63) is 96.2 Å². The average molecular weight is 732 g/mol. The molecule has 1 heterocycles. The van der Waals surface area contributed by atoms with E-state index in [1.165, 1.54) is 37.8 Å². The minimum Gasteiger partial charge on any atom is -0.492 e. The standard InChI is InChI=1S/C36H37N5O8S2/c1-36(2,3)21-17-28(33(48-4)29(18-21)41-50(5)45)40-35(44)39-27-13-14-30(25-10-8-7-9-24(25)27)49-23-15-16-37-32(20-23)38-22-11-12-26(34(42)43)31(19-22)51(6,46)47/h7-20,41H,1-6H3,(H,37,38)(H,42,43)(H2,39,40,44). The molecule has 1 aromatic heterocycles. The molecule has 2 amide bonds. The van der Waals surface area contributed by atoms with Gasteiger partial charge in [-0.25, -0.2) is 27.2 Å². The molecule has 13 nitrogen and oxygen atoms in total. The number of carboxylic acid groups (broad SMARTS) is 1. The number of urea groups is 1. The number of sulfone groups is 1. The maximum absolute atomic E-state index is 13.4. The second kappa shape index (κ2) is 14.7. The molecule has 0 spiro atoms. The van der Waals surface area contributed by atoms with Crippen LogP contribution in [0.5, 0.6) is 17.2 Å². The minimum atomic E-state index is -3.82. The number of ether oxygens (including phenoxy) is 2. The summed E-state index contributed by atoms with van der Waals surface area (Å²) in [6, 6.07) is 21.1. The van der Waals surface area contributed by atoms with Gasteiger partial charge in [-0.1, -0.05) is 45.0 Å². The van der Waals surface area contributed by atoms with Gasteiger partial charge in [0.1, 0.15) is 28.3 Å². The number of amides is 2. The van der Waals surface area contributed by atoms with Crippen molar-refractivity contribution in [2.45, 2.75) is 31.1 Å². The van der Waals surface area contributed by atoms with Crippen LogP contribution in [-0.4, -0.2) is 54.3 Å². The highest BCUT2D eigenvalue weighted by Gasteiger charge is 2.22. The Morgan fingerprint density at radius 3 is 2.22 bits per heavy atom. The quantitative estimate of drug-likeness (QED) is 0.0910. The van der Waals surface area contributed by atoms with Crippen molar-refractivity contribution in [2.75, 3.05) is 40.3 Å². The molecule has 5 aromatic rings. The lowest BCUT2D eigenvalue weighted by molar-refractivity contribution is 0.0692. The SMILES string of the molecule is COc1c(NC(=O)Nc2ccc(Oc3ccnc(Nc4ccc(C(=O)O)c(S(C)(=O)=O)c4)c3)c3ccccc23)cc(C(C)(C)C)cc1NS(C)=O. The highest BCUT2D eigenvalue weighted by Crippen LogP contribution is 2.40. The lowest BCUT2D eigenvalue weighted by atomic mass is 9.86. The van der Waals surface area contributed by atoms with Gasteiger partial charge in [0.05, 0.1) is 34.6 Å². The van der Waals surface area contributed by atoms with Gasteiger partial charge in [0, 0.05) is 41.2 Å². The topological polar surface area (TPSA) is 185 Å². The average Bonchev–Trinajstić information content (AvgIpc) is 3.05. The molecule has 266 valence electrons. The summed E-state index contributed by atoms with van der Waals surface area (Å²) in [5.74, 6) is 0.200. The lowest BCUT2D eigenvalue weighted by Crippen LogP contribution is -2.21. The van der Waals surface area contributed by atoms with Crippen molar-refractivity contribution >= 4 is 72.2 Å². The Bertz CT molecular complexity index is 2290. The molecule has 5 rings (SSSR count). The van der Waals surface area contributed by atoms with Crippen LogP contribution in [0.3, 0.4) is 0 Å². The number of rotatable bonds is 11. The first kappa shape index (κ1) is 36.6. The zero-order valence-corrected chi connectivity index (χ0v) is 30.3.